The fourth-order valence-corrected chi connectivity index (χ4v) is 2.07. The minimum absolute atomic E-state index is 0.0800. The fraction of sp³-hybridized carbons (Fsp3) is 0.250. The van der Waals surface area contributed by atoms with Crippen molar-refractivity contribution in [3.05, 3.63) is 64.7 Å². The van der Waals surface area contributed by atoms with Crippen molar-refractivity contribution >= 4 is 0 Å². The molecule has 2 rings (SSSR count). The van der Waals surface area contributed by atoms with Gasteiger partial charge in [-0.1, -0.05) is 25.1 Å². The molecule has 0 radical (unpaired) electrons. The van der Waals surface area contributed by atoms with Crippen LogP contribution in [0, 0.1) is 17.1 Å². The molecule has 4 heteroatoms. The maximum absolute atomic E-state index is 13.9. The second-order valence-corrected chi connectivity index (χ2v) is 4.46. The molecule has 0 saturated carbocycles. The van der Waals surface area contributed by atoms with Crippen molar-refractivity contribution in [3.63, 3.8) is 0 Å². The van der Waals surface area contributed by atoms with Crippen LogP contribution in [0.1, 0.15) is 29.3 Å². The topological polar surface area (TPSA) is 48.7 Å². The van der Waals surface area contributed by atoms with E-state index in [9.17, 15) is 4.39 Å². The predicted octanol–water partition coefficient (Wildman–Crippen LogP) is 2.94. The van der Waals surface area contributed by atoms with E-state index >= 15 is 0 Å². The third-order valence-corrected chi connectivity index (χ3v) is 3.17. The van der Waals surface area contributed by atoms with E-state index in [4.69, 9.17) is 5.26 Å². The molecule has 0 aliphatic carbocycles. The van der Waals surface area contributed by atoms with E-state index in [0.717, 1.165) is 12.1 Å². The van der Waals surface area contributed by atoms with Crippen LogP contribution < -0.4 is 5.32 Å². The summed E-state index contributed by atoms with van der Waals surface area (Å²) in [6.07, 6.45) is 2.68. The number of aromatic nitrogens is 1. The molecule has 0 saturated heterocycles. The Balaban J connectivity index is 2.02. The number of pyridine rings is 1. The third kappa shape index (κ3) is 3.19. The smallest absolute Gasteiger partial charge is 0.145 e. The summed E-state index contributed by atoms with van der Waals surface area (Å²) in [6, 6.07) is 10.7. The second kappa shape index (κ2) is 6.78. The largest absolute Gasteiger partial charge is 0.307 e. The molecule has 3 nitrogen and oxygen atoms in total. The third-order valence-electron chi connectivity index (χ3n) is 3.17. The molecule has 20 heavy (non-hydrogen) atoms. The quantitative estimate of drug-likeness (QED) is 0.908. The number of benzene rings is 1. The Morgan fingerprint density at radius 3 is 2.75 bits per heavy atom. The number of halogens is 1. The normalized spacial score (nSPS) is 10.2. The van der Waals surface area contributed by atoms with Crippen molar-refractivity contribution in [1.82, 2.24) is 10.3 Å². The summed E-state index contributed by atoms with van der Waals surface area (Å²) in [5.74, 6) is -0.445. The highest BCUT2D eigenvalue weighted by molar-refractivity contribution is 5.34. The van der Waals surface area contributed by atoms with Crippen LogP contribution in [-0.2, 0) is 19.5 Å². The van der Waals surface area contributed by atoms with Gasteiger partial charge in [-0.05, 0) is 24.1 Å². The van der Waals surface area contributed by atoms with Gasteiger partial charge in [-0.2, -0.15) is 5.26 Å². The number of hydrogen-bond donors (Lipinski definition) is 1. The van der Waals surface area contributed by atoms with Gasteiger partial charge in [0.15, 0.2) is 0 Å². The molecule has 0 unspecified atom stereocenters. The Kier molecular flexibility index (Phi) is 4.80. The highest BCUT2D eigenvalue weighted by Crippen LogP contribution is 2.12. The van der Waals surface area contributed by atoms with E-state index in [0.29, 0.717) is 18.7 Å². The van der Waals surface area contributed by atoms with Gasteiger partial charge >= 0.3 is 0 Å². The van der Waals surface area contributed by atoms with Crippen LogP contribution in [0.3, 0.4) is 0 Å². The summed E-state index contributed by atoms with van der Waals surface area (Å²) in [7, 11) is 0. The molecule has 2 aromatic rings. The summed E-state index contributed by atoms with van der Waals surface area (Å²) in [5.41, 5.74) is 2.74. The number of aryl methyl sites for hydroxylation is 1. The lowest BCUT2D eigenvalue weighted by Gasteiger charge is -2.09. The molecule has 0 spiro atoms. The molecule has 0 aliphatic rings. The molecule has 0 atom stereocenters. The monoisotopic (exact) mass is 269 g/mol. The lowest BCUT2D eigenvalue weighted by Crippen LogP contribution is -2.16. The lowest BCUT2D eigenvalue weighted by molar-refractivity contribution is 0.582. The van der Waals surface area contributed by atoms with Crippen LogP contribution >= 0.6 is 0 Å². The van der Waals surface area contributed by atoms with Crippen molar-refractivity contribution in [2.75, 3.05) is 0 Å². The van der Waals surface area contributed by atoms with Gasteiger partial charge in [0, 0.05) is 24.8 Å². The Morgan fingerprint density at radius 1 is 1.20 bits per heavy atom. The second-order valence-electron chi connectivity index (χ2n) is 4.46. The van der Waals surface area contributed by atoms with E-state index in [1.807, 2.05) is 18.2 Å². The Hall–Kier alpha value is -2.25. The number of nitriles is 1. The first-order valence-electron chi connectivity index (χ1n) is 6.57. The highest BCUT2D eigenvalue weighted by Gasteiger charge is 2.07. The number of nitrogens with one attached hydrogen (secondary N) is 1. The van der Waals surface area contributed by atoms with Crippen LogP contribution in [-0.4, -0.2) is 4.98 Å². The Morgan fingerprint density at radius 2 is 2.00 bits per heavy atom. The van der Waals surface area contributed by atoms with Crippen LogP contribution in [0.25, 0.3) is 0 Å². The summed E-state index contributed by atoms with van der Waals surface area (Å²) < 4.78 is 13.9. The average Bonchev–Trinajstić information content (AvgIpc) is 2.49. The Bertz CT molecular complexity index is 632. The van der Waals surface area contributed by atoms with Gasteiger partial charge in [0.05, 0.1) is 11.3 Å². The molecule has 0 fully saturated rings. The molecule has 0 bridgehead atoms. The minimum atomic E-state index is -0.445. The standard InChI is InChI=1S/C16H16FN3/c1-2-12-7-4-8-20-15(12)11-19-10-14-6-3-5-13(9-18)16(14)17/h3-8,19H,2,10-11H2,1H3. The first-order chi connectivity index (χ1) is 9.76. The average molecular weight is 269 g/mol. The van der Waals surface area contributed by atoms with Crippen LogP contribution in [0.4, 0.5) is 4.39 Å². The molecule has 1 aromatic heterocycles. The zero-order valence-corrected chi connectivity index (χ0v) is 11.4. The summed E-state index contributed by atoms with van der Waals surface area (Å²) >= 11 is 0. The molecular formula is C16H16FN3. The molecule has 1 heterocycles. The maximum atomic E-state index is 13.9. The van der Waals surface area contributed by atoms with Crippen LogP contribution in [0.5, 0.6) is 0 Å². The predicted molar refractivity (Wildman–Crippen MR) is 75.3 cm³/mol. The minimum Gasteiger partial charge on any atom is -0.307 e. The van der Waals surface area contributed by atoms with Gasteiger partial charge in [-0.3, -0.25) is 4.98 Å². The van der Waals surface area contributed by atoms with E-state index in [1.54, 1.807) is 18.3 Å². The summed E-state index contributed by atoms with van der Waals surface area (Å²) in [6.45, 7) is 3.04. The van der Waals surface area contributed by atoms with Gasteiger partial charge in [0.1, 0.15) is 11.9 Å². The molecule has 102 valence electrons. The lowest BCUT2D eigenvalue weighted by atomic mass is 10.1. The zero-order chi connectivity index (χ0) is 14.4. The molecular weight excluding hydrogens is 253 g/mol. The highest BCUT2D eigenvalue weighted by atomic mass is 19.1. The summed E-state index contributed by atoms with van der Waals surface area (Å²) in [4.78, 5) is 4.33. The maximum Gasteiger partial charge on any atom is 0.145 e. The van der Waals surface area contributed by atoms with Gasteiger partial charge < -0.3 is 5.32 Å². The van der Waals surface area contributed by atoms with Gasteiger partial charge in [-0.25, -0.2) is 4.39 Å². The molecule has 0 aliphatic heterocycles. The first-order valence-corrected chi connectivity index (χ1v) is 6.57. The number of nitrogens with zero attached hydrogens (tertiary/aromatic N) is 2. The van der Waals surface area contributed by atoms with Crippen LogP contribution in [0.2, 0.25) is 0 Å². The van der Waals surface area contributed by atoms with E-state index in [-0.39, 0.29) is 5.56 Å². The molecule has 1 aromatic carbocycles. The number of rotatable bonds is 5. The SMILES string of the molecule is CCc1cccnc1CNCc1cccc(C#N)c1F. The molecule has 0 amide bonds. The van der Waals surface area contributed by atoms with Crippen molar-refractivity contribution in [2.24, 2.45) is 0 Å². The van der Waals surface area contributed by atoms with E-state index in [2.05, 4.69) is 17.2 Å². The van der Waals surface area contributed by atoms with Crippen molar-refractivity contribution in [2.45, 2.75) is 26.4 Å². The van der Waals surface area contributed by atoms with Crippen molar-refractivity contribution in [3.8, 4) is 6.07 Å². The van der Waals surface area contributed by atoms with Crippen molar-refractivity contribution in [1.29, 1.82) is 5.26 Å². The fourth-order valence-electron chi connectivity index (χ4n) is 2.07. The van der Waals surface area contributed by atoms with Crippen molar-refractivity contribution < 1.29 is 4.39 Å². The van der Waals surface area contributed by atoms with E-state index < -0.39 is 5.82 Å². The van der Waals surface area contributed by atoms with Gasteiger partial charge in [0.2, 0.25) is 0 Å². The van der Waals surface area contributed by atoms with Gasteiger partial charge in [-0.15, -0.1) is 0 Å². The zero-order valence-electron chi connectivity index (χ0n) is 11.4. The summed E-state index contributed by atoms with van der Waals surface area (Å²) in [5, 5.41) is 12.0. The van der Waals surface area contributed by atoms with Crippen LogP contribution in [0.15, 0.2) is 36.5 Å². The molecule has 1 N–H and O–H groups in total. The Labute approximate surface area is 118 Å². The van der Waals surface area contributed by atoms with Gasteiger partial charge in [0.25, 0.3) is 0 Å². The first kappa shape index (κ1) is 14.2. The number of hydrogen-bond acceptors (Lipinski definition) is 3. The van der Waals surface area contributed by atoms with E-state index in [1.165, 1.54) is 11.6 Å².